The molecule has 3 nitrogen and oxygen atoms in total. The number of halogens is 1. The smallest absolute Gasteiger partial charge is 0.310 e. The van der Waals surface area contributed by atoms with E-state index < -0.39 is 5.97 Å². The topological polar surface area (TPSA) is 63.3 Å². The van der Waals surface area contributed by atoms with Crippen LogP contribution in [-0.2, 0) is 4.79 Å². The molecule has 10 heavy (non-hydrogen) atoms. The molecule has 0 fully saturated rings. The van der Waals surface area contributed by atoms with Crippen molar-refractivity contribution < 1.29 is 9.90 Å². The Morgan fingerprint density at radius 1 is 1.60 bits per heavy atom. The van der Waals surface area contributed by atoms with Gasteiger partial charge in [0.15, 0.2) is 0 Å². The molecule has 3 N–H and O–H groups in total. The van der Waals surface area contributed by atoms with E-state index >= 15 is 0 Å². The molecule has 0 bridgehead atoms. The van der Waals surface area contributed by atoms with Gasteiger partial charge in [0.1, 0.15) is 0 Å². The van der Waals surface area contributed by atoms with Crippen LogP contribution < -0.4 is 5.73 Å². The minimum atomic E-state index is -0.779. The van der Waals surface area contributed by atoms with Crippen molar-refractivity contribution in [2.45, 2.75) is 12.5 Å². The molecule has 0 aliphatic heterocycles. The summed E-state index contributed by atoms with van der Waals surface area (Å²) in [6.07, 6.45) is 3.93. The van der Waals surface area contributed by atoms with Crippen LogP contribution in [0.1, 0.15) is 6.42 Å². The molecule has 2 atom stereocenters. The van der Waals surface area contributed by atoms with Gasteiger partial charge in [0.05, 0.1) is 5.92 Å². The monoisotopic (exact) mass is 163 g/mol. The van der Waals surface area contributed by atoms with Gasteiger partial charge in [0.2, 0.25) is 0 Å². The minimum absolute atomic E-state index is 0. The lowest BCUT2D eigenvalue weighted by Gasteiger charge is -2.00. The Kier molecular flexibility index (Phi) is 3.39. The van der Waals surface area contributed by atoms with Gasteiger partial charge in [-0.2, -0.15) is 0 Å². The number of carboxylic acids is 1. The van der Waals surface area contributed by atoms with Crippen LogP contribution in [0.2, 0.25) is 0 Å². The molecule has 0 spiro atoms. The summed E-state index contributed by atoms with van der Waals surface area (Å²) in [7, 11) is 0. The lowest BCUT2D eigenvalue weighted by atomic mass is 10.1. The van der Waals surface area contributed by atoms with E-state index in [1.54, 1.807) is 12.2 Å². The molecular formula is C6H10ClNO2. The normalized spacial score (nSPS) is 29.7. The molecule has 1 aliphatic rings. The van der Waals surface area contributed by atoms with Gasteiger partial charge in [-0.3, -0.25) is 4.79 Å². The Morgan fingerprint density at radius 3 is 2.40 bits per heavy atom. The van der Waals surface area contributed by atoms with E-state index in [-0.39, 0.29) is 24.4 Å². The molecule has 0 unspecified atom stereocenters. The summed E-state index contributed by atoms with van der Waals surface area (Å²) in [5.41, 5.74) is 5.41. The number of nitrogens with two attached hydrogens (primary N) is 1. The zero-order valence-electron chi connectivity index (χ0n) is 5.36. The van der Waals surface area contributed by atoms with E-state index in [1.165, 1.54) is 0 Å². The van der Waals surface area contributed by atoms with Gasteiger partial charge in [0, 0.05) is 6.04 Å². The predicted octanol–water partition coefficient (Wildman–Crippen LogP) is 0.396. The van der Waals surface area contributed by atoms with E-state index in [0.29, 0.717) is 6.42 Å². The highest BCUT2D eigenvalue weighted by atomic mass is 35.5. The third kappa shape index (κ3) is 2.01. The number of carboxylic acid groups (broad SMARTS) is 1. The van der Waals surface area contributed by atoms with Gasteiger partial charge in [0.25, 0.3) is 0 Å². The zero-order chi connectivity index (χ0) is 6.85. The first-order chi connectivity index (χ1) is 4.20. The van der Waals surface area contributed by atoms with Crippen LogP contribution in [-0.4, -0.2) is 17.1 Å². The fourth-order valence-corrected chi connectivity index (χ4v) is 0.910. The Bertz CT molecular complexity index is 158. The van der Waals surface area contributed by atoms with Gasteiger partial charge in [-0.25, -0.2) is 0 Å². The van der Waals surface area contributed by atoms with Crippen LogP contribution in [0.3, 0.4) is 0 Å². The SMILES string of the molecule is Cl.N[C@@H]1C=C[C@H](C(=O)O)C1. The van der Waals surface area contributed by atoms with Crippen molar-refractivity contribution in [1.82, 2.24) is 0 Å². The minimum Gasteiger partial charge on any atom is -0.481 e. The summed E-state index contributed by atoms with van der Waals surface area (Å²) < 4.78 is 0. The van der Waals surface area contributed by atoms with Crippen molar-refractivity contribution in [3.8, 4) is 0 Å². The largest absolute Gasteiger partial charge is 0.481 e. The second-order valence-corrected chi connectivity index (χ2v) is 2.23. The molecule has 0 aromatic heterocycles. The third-order valence-corrected chi connectivity index (χ3v) is 1.43. The first-order valence-electron chi connectivity index (χ1n) is 2.87. The van der Waals surface area contributed by atoms with Gasteiger partial charge < -0.3 is 10.8 Å². The number of hydrogen-bond acceptors (Lipinski definition) is 2. The van der Waals surface area contributed by atoms with Gasteiger partial charge in [-0.05, 0) is 6.42 Å². The summed E-state index contributed by atoms with van der Waals surface area (Å²) in [5.74, 6) is -1.13. The third-order valence-electron chi connectivity index (χ3n) is 1.43. The summed E-state index contributed by atoms with van der Waals surface area (Å²) in [6, 6.07) is -0.0499. The number of carbonyl (C=O) groups is 1. The fraction of sp³-hybridized carbons (Fsp3) is 0.500. The maximum atomic E-state index is 10.2. The average Bonchev–Trinajstić information content (AvgIpc) is 2.14. The van der Waals surface area contributed by atoms with Crippen LogP contribution in [0.15, 0.2) is 12.2 Å². The van der Waals surface area contributed by atoms with Gasteiger partial charge in [-0.15, -0.1) is 12.4 Å². The molecule has 0 aromatic rings. The van der Waals surface area contributed by atoms with Crippen molar-refractivity contribution in [2.75, 3.05) is 0 Å². The second kappa shape index (κ2) is 3.58. The summed E-state index contributed by atoms with van der Waals surface area (Å²) in [6.45, 7) is 0. The molecule has 0 heterocycles. The van der Waals surface area contributed by atoms with Crippen molar-refractivity contribution in [1.29, 1.82) is 0 Å². The number of aliphatic carboxylic acids is 1. The van der Waals surface area contributed by atoms with Crippen LogP contribution in [0.25, 0.3) is 0 Å². The first kappa shape index (κ1) is 9.46. The Labute approximate surface area is 65.3 Å². The molecule has 0 radical (unpaired) electrons. The van der Waals surface area contributed by atoms with Crippen molar-refractivity contribution in [3.05, 3.63) is 12.2 Å². The molecule has 0 saturated heterocycles. The van der Waals surface area contributed by atoms with Crippen molar-refractivity contribution >= 4 is 18.4 Å². The Hall–Kier alpha value is -0.540. The fourth-order valence-electron chi connectivity index (χ4n) is 0.910. The lowest BCUT2D eigenvalue weighted by molar-refractivity contribution is -0.140. The lowest BCUT2D eigenvalue weighted by Crippen LogP contribution is -2.18. The van der Waals surface area contributed by atoms with Crippen LogP contribution in [0, 0.1) is 5.92 Å². The standard InChI is InChI=1S/C6H9NO2.ClH/c7-5-2-1-4(3-5)6(8)9;/h1-2,4-5H,3,7H2,(H,8,9);1H/t4-,5+;/m0./s1. The van der Waals surface area contributed by atoms with Crippen molar-refractivity contribution in [2.24, 2.45) is 11.7 Å². The number of rotatable bonds is 1. The van der Waals surface area contributed by atoms with Crippen LogP contribution in [0.4, 0.5) is 0 Å². The molecular weight excluding hydrogens is 154 g/mol. The van der Waals surface area contributed by atoms with Crippen molar-refractivity contribution in [3.63, 3.8) is 0 Å². The van der Waals surface area contributed by atoms with E-state index in [0.717, 1.165) is 0 Å². The number of hydrogen-bond donors (Lipinski definition) is 2. The zero-order valence-corrected chi connectivity index (χ0v) is 6.17. The van der Waals surface area contributed by atoms with Crippen LogP contribution >= 0.6 is 12.4 Å². The Morgan fingerprint density at radius 2 is 2.20 bits per heavy atom. The molecule has 0 saturated carbocycles. The van der Waals surface area contributed by atoms with Gasteiger partial charge >= 0.3 is 5.97 Å². The highest BCUT2D eigenvalue weighted by Crippen LogP contribution is 2.15. The van der Waals surface area contributed by atoms with Gasteiger partial charge in [-0.1, -0.05) is 12.2 Å². The average molecular weight is 164 g/mol. The Balaban J connectivity index is 0.000000810. The van der Waals surface area contributed by atoms with E-state index in [9.17, 15) is 4.79 Å². The molecule has 0 aromatic carbocycles. The maximum absolute atomic E-state index is 10.2. The predicted molar refractivity (Wildman–Crippen MR) is 40.1 cm³/mol. The first-order valence-corrected chi connectivity index (χ1v) is 2.87. The molecule has 1 aliphatic carbocycles. The summed E-state index contributed by atoms with van der Waals surface area (Å²) >= 11 is 0. The molecule has 58 valence electrons. The van der Waals surface area contributed by atoms with E-state index in [1.807, 2.05) is 0 Å². The molecule has 1 rings (SSSR count). The maximum Gasteiger partial charge on any atom is 0.310 e. The second-order valence-electron chi connectivity index (χ2n) is 2.23. The molecule has 0 amide bonds. The highest BCUT2D eigenvalue weighted by Gasteiger charge is 2.21. The van der Waals surface area contributed by atoms with E-state index in [4.69, 9.17) is 10.8 Å². The summed E-state index contributed by atoms with van der Waals surface area (Å²) in [5, 5.41) is 8.42. The summed E-state index contributed by atoms with van der Waals surface area (Å²) in [4.78, 5) is 10.2. The quantitative estimate of drug-likeness (QED) is 0.550. The van der Waals surface area contributed by atoms with E-state index in [2.05, 4.69) is 0 Å². The van der Waals surface area contributed by atoms with Crippen LogP contribution in [0.5, 0.6) is 0 Å². The highest BCUT2D eigenvalue weighted by molar-refractivity contribution is 5.85. The molecule has 4 heteroatoms.